The molecule has 1 unspecified atom stereocenters. The van der Waals surface area contributed by atoms with Gasteiger partial charge >= 0.3 is 0 Å². The molecule has 0 saturated carbocycles. The predicted octanol–water partition coefficient (Wildman–Crippen LogP) is 3.02. The predicted molar refractivity (Wildman–Crippen MR) is 87.2 cm³/mol. The number of phenolic OH excluding ortho intramolecular Hbond substituents is 1. The molecule has 1 aromatic carbocycles. The highest BCUT2D eigenvalue weighted by Crippen LogP contribution is 2.41. The molecule has 0 radical (unpaired) electrons. The van der Waals surface area contributed by atoms with E-state index in [0.29, 0.717) is 17.6 Å². The van der Waals surface area contributed by atoms with Crippen molar-refractivity contribution >= 4 is 0 Å². The first-order chi connectivity index (χ1) is 10.8. The smallest absolute Gasteiger partial charge is 0.115 e. The van der Waals surface area contributed by atoms with Gasteiger partial charge < -0.3 is 10.4 Å². The summed E-state index contributed by atoms with van der Waals surface area (Å²) in [4.78, 5) is 4.77. The van der Waals surface area contributed by atoms with Gasteiger partial charge in [0.2, 0.25) is 0 Å². The van der Waals surface area contributed by atoms with E-state index in [9.17, 15) is 5.11 Å². The molecule has 1 aliphatic heterocycles. The van der Waals surface area contributed by atoms with Crippen LogP contribution in [0.3, 0.4) is 0 Å². The molecule has 1 fully saturated rings. The Morgan fingerprint density at radius 3 is 2.73 bits per heavy atom. The number of fused-ring (bicyclic) bond motifs is 2. The highest BCUT2D eigenvalue weighted by Gasteiger charge is 2.32. The number of aryl methyl sites for hydroxylation is 2. The maximum Gasteiger partial charge on any atom is 0.115 e. The molecule has 2 aliphatic rings. The van der Waals surface area contributed by atoms with Gasteiger partial charge in [-0.1, -0.05) is 12.1 Å². The Kier molecular flexibility index (Phi) is 3.59. The third-order valence-electron chi connectivity index (χ3n) is 5.20. The largest absolute Gasteiger partial charge is 0.508 e. The Hall–Kier alpha value is -1.87. The molecule has 1 aromatic heterocycles. The fourth-order valence-corrected chi connectivity index (χ4v) is 4.13. The third-order valence-corrected chi connectivity index (χ3v) is 5.20. The quantitative estimate of drug-likeness (QED) is 0.850. The van der Waals surface area contributed by atoms with E-state index in [-0.39, 0.29) is 0 Å². The zero-order valence-corrected chi connectivity index (χ0v) is 12.8. The average Bonchev–Trinajstić information content (AvgIpc) is 2.72. The second-order valence-electron chi connectivity index (χ2n) is 6.50. The lowest BCUT2D eigenvalue weighted by Crippen LogP contribution is -2.31. The van der Waals surface area contributed by atoms with Crippen LogP contribution < -0.4 is 5.32 Å². The molecule has 114 valence electrons. The van der Waals surface area contributed by atoms with Crippen molar-refractivity contribution in [2.75, 3.05) is 13.1 Å². The van der Waals surface area contributed by atoms with Gasteiger partial charge in [0.25, 0.3) is 0 Å². The van der Waals surface area contributed by atoms with Crippen LogP contribution in [-0.4, -0.2) is 23.2 Å². The lowest BCUT2D eigenvalue weighted by molar-refractivity contribution is 0.338. The van der Waals surface area contributed by atoms with E-state index < -0.39 is 0 Å². The van der Waals surface area contributed by atoms with E-state index in [1.807, 2.05) is 24.4 Å². The molecular weight excluding hydrogens is 272 g/mol. The van der Waals surface area contributed by atoms with Gasteiger partial charge in [0, 0.05) is 12.1 Å². The van der Waals surface area contributed by atoms with Crippen LogP contribution >= 0.6 is 0 Å². The zero-order valence-electron chi connectivity index (χ0n) is 12.8. The van der Waals surface area contributed by atoms with Crippen LogP contribution in [0.2, 0.25) is 0 Å². The summed E-state index contributed by atoms with van der Waals surface area (Å²) < 4.78 is 0. The van der Waals surface area contributed by atoms with Crippen LogP contribution in [0.25, 0.3) is 0 Å². The van der Waals surface area contributed by atoms with E-state index in [4.69, 9.17) is 4.98 Å². The molecule has 2 aromatic rings. The van der Waals surface area contributed by atoms with Crippen LogP contribution in [0, 0.1) is 5.92 Å². The number of pyridine rings is 1. The van der Waals surface area contributed by atoms with E-state index in [1.54, 1.807) is 0 Å². The first-order valence-electron chi connectivity index (χ1n) is 8.29. The monoisotopic (exact) mass is 294 g/mol. The number of nitrogens with zero attached hydrogens (tertiary/aromatic N) is 1. The van der Waals surface area contributed by atoms with Gasteiger partial charge in [-0.3, -0.25) is 4.98 Å². The normalized spacial score (nSPS) is 21.7. The van der Waals surface area contributed by atoms with Gasteiger partial charge in [0.1, 0.15) is 5.75 Å². The number of phenols is 1. The highest BCUT2D eigenvalue weighted by atomic mass is 16.3. The number of rotatable bonds is 1. The maximum absolute atomic E-state index is 9.87. The minimum Gasteiger partial charge on any atom is -0.508 e. The topological polar surface area (TPSA) is 45.2 Å². The Labute approximate surface area is 131 Å². The maximum atomic E-state index is 9.87. The van der Waals surface area contributed by atoms with Crippen molar-refractivity contribution in [2.24, 2.45) is 5.92 Å². The van der Waals surface area contributed by atoms with Gasteiger partial charge in [0.05, 0.1) is 5.69 Å². The zero-order chi connectivity index (χ0) is 14.9. The Morgan fingerprint density at radius 1 is 1.05 bits per heavy atom. The van der Waals surface area contributed by atoms with E-state index in [1.165, 1.54) is 35.2 Å². The van der Waals surface area contributed by atoms with Crippen molar-refractivity contribution < 1.29 is 5.11 Å². The van der Waals surface area contributed by atoms with E-state index in [0.717, 1.165) is 25.9 Å². The number of nitrogens with one attached hydrogen (secondary N) is 1. The van der Waals surface area contributed by atoms with Crippen molar-refractivity contribution in [1.82, 2.24) is 10.3 Å². The Morgan fingerprint density at radius 2 is 1.86 bits per heavy atom. The van der Waals surface area contributed by atoms with Crippen LogP contribution in [-0.2, 0) is 12.8 Å². The molecule has 0 bridgehead atoms. The lowest BCUT2D eigenvalue weighted by Gasteiger charge is -2.31. The molecule has 1 aliphatic carbocycles. The molecule has 0 amide bonds. The standard InChI is InChI=1S/C19H22N2O/c22-16-5-6-17-15(12-16)4-3-14-2-1-9-21-19(14)18(17)13-7-10-20-11-8-13/h1-2,5-6,9,12-13,18,20,22H,3-4,7-8,10-11H2. The minimum atomic E-state index is 0.372. The summed E-state index contributed by atoms with van der Waals surface area (Å²) in [6.45, 7) is 2.19. The van der Waals surface area contributed by atoms with Gasteiger partial charge in [-0.25, -0.2) is 0 Å². The molecule has 4 rings (SSSR count). The summed E-state index contributed by atoms with van der Waals surface area (Å²) in [5.74, 6) is 1.38. The summed E-state index contributed by atoms with van der Waals surface area (Å²) in [5, 5.41) is 13.3. The van der Waals surface area contributed by atoms with Gasteiger partial charge in [-0.15, -0.1) is 0 Å². The summed E-state index contributed by atoms with van der Waals surface area (Å²) in [5.41, 5.74) is 5.31. The Balaban J connectivity index is 1.86. The molecular formula is C19H22N2O. The van der Waals surface area contributed by atoms with Crippen molar-refractivity contribution in [1.29, 1.82) is 0 Å². The molecule has 22 heavy (non-hydrogen) atoms. The molecule has 1 saturated heterocycles. The SMILES string of the molecule is Oc1ccc2c(c1)CCc1cccnc1C2C1CCNCC1. The van der Waals surface area contributed by atoms with Crippen LogP contribution in [0.4, 0.5) is 0 Å². The molecule has 3 heteroatoms. The average molecular weight is 294 g/mol. The van der Waals surface area contributed by atoms with Crippen LogP contribution in [0.15, 0.2) is 36.5 Å². The van der Waals surface area contributed by atoms with Crippen LogP contribution in [0.5, 0.6) is 5.75 Å². The number of aromatic nitrogens is 1. The van der Waals surface area contributed by atoms with Crippen molar-refractivity contribution in [3.8, 4) is 5.75 Å². The first kappa shape index (κ1) is 13.8. The minimum absolute atomic E-state index is 0.372. The summed E-state index contributed by atoms with van der Waals surface area (Å²) in [6.07, 6.45) is 6.32. The Bertz CT molecular complexity index is 677. The number of benzene rings is 1. The fraction of sp³-hybridized carbons (Fsp3) is 0.421. The molecule has 3 nitrogen and oxygen atoms in total. The van der Waals surface area contributed by atoms with Crippen molar-refractivity contribution in [2.45, 2.75) is 31.6 Å². The third kappa shape index (κ3) is 2.40. The van der Waals surface area contributed by atoms with Crippen molar-refractivity contribution in [3.05, 3.63) is 58.9 Å². The molecule has 2 N–H and O–H groups in total. The van der Waals surface area contributed by atoms with E-state index in [2.05, 4.69) is 17.4 Å². The molecule has 2 heterocycles. The van der Waals surface area contributed by atoms with Gasteiger partial charge in [-0.05, 0) is 79.6 Å². The number of hydrogen-bond donors (Lipinski definition) is 2. The summed E-state index contributed by atoms with van der Waals surface area (Å²) >= 11 is 0. The van der Waals surface area contributed by atoms with Gasteiger partial charge in [0.15, 0.2) is 0 Å². The number of piperidine rings is 1. The second kappa shape index (κ2) is 5.73. The number of hydrogen-bond acceptors (Lipinski definition) is 3. The number of aromatic hydroxyl groups is 1. The first-order valence-corrected chi connectivity index (χ1v) is 8.29. The summed E-state index contributed by atoms with van der Waals surface area (Å²) in [7, 11) is 0. The molecule has 1 atom stereocenters. The second-order valence-corrected chi connectivity index (χ2v) is 6.50. The lowest BCUT2D eigenvalue weighted by atomic mass is 9.77. The van der Waals surface area contributed by atoms with E-state index >= 15 is 0 Å². The van der Waals surface area contributed by atoms with Crippen molar-refractivity contribution in [3.63, 3.8) is 0 Å². The summed E-state index contributed by atoms with van der Waals surface area (Å²) in [6, 6.07) is 10.2. The molecule has 0 spiro atoms. The highest BCUT2D eigenvalue weighted by molar-refractivity contribution is 5.45. The van der Waals surface area contributed by atoms with Gasteiger partial charge in [-0.2, -0.15) is 0 Å². The fourth-order valence-electron chi connectivity index (χ4n) is 4.13. The van der Waals surface area contributed by atoms with Crippen LogP contribution in [0.1, 0.15) is 41.1 Å².